The Hall–Kier alpha value is -2.21. The summed E-state index contributed by atoms with van der Waals surface area (Å²) in [6.07, 6.45) is 0.903. The molecule has 0 saturated heterocycles. The first-order valence-corrected chi connectivity index (χ1v) is 8.12. The molecular formula is C17H22ClN3O3. The lowest BCUT2D eigenvalue weighted by atomic mass is 10.1. The summed E-state index contributed by atoms with van der Waals surface area (Å²) in [6, 6.07) is 4.90. The maximum absolute atomic E-state index is 12.3. The van der Waals surface area contributed by atoms with Crippen molar-refractivity contribution in [2.24, 2.45) is 5.92 Å². The Morgan fingerprint density at radius 1 is 1.38 bits per heavy atom. The van der Waals surface area contributed by atoms with Gasteiger partial charge in [-0.15, -0.1) is 0 Å². The lowest BCUT2D eigenvalue weighted by molar-refractivity contribution is 0.102. The minimum Gasteiger partial charge on any atom is -0.493 e. The number of halogens is 1. The minimum absolute atomic E-state index is 0.324. The van der Waals surface area contributed by atoms with Crippen LogP contribution in [0.5, 0.6) is 11.5 Å². The Morgan fingerprint density at radius 3 is 2.71 bits per heavy atom. The molecular weight excluding hydrogens is 330 g/mol. The number of nitrogens with zero attached hydrogens (tertiary/aromatic N) is 1. The number of aromatic nitrogens is 2. The van der Waals surface area contributed by atoms with Gasteiger partial charge < -0.3 is 14.8 Å². The summed E-state index contributed by atoms with van der Waals surface area (Å²) in [4.78, 5) is 12.3. The number of nitrogens with one attached hydrogen (secondary N) is 2. The van der Waals surface area contributed by atoms with Crippen molar-refractivity contribution in [1.82, 2.24) is 10.2 Å². The predicted molar refractivity (Wildman–Crippen MR) is 94.2 cm³/mol. The molecule has 7 heteroatoms. The maximum atomic E-state index is 12.3. The Bertz CT molecular complexity index is 713. The first-order valence-electron chi connectivity index (χ1n) is 7.74. The smallest absolute Gasteiger partial charge is 0.257 e. The Labute approximate surface area is 146 Å². The summed E-state index contributed by atoms with van der Waals surface area (Å²) < 4.78 is 11.0. The Morgan fingerprint density at radius 2 is 2.12 bits per heavy atom. The highest BCUT2D eigenvalue weighted by Crippen LogP contribution is 2.36. The van der Waals surface area contributed by atoms with Crippen molar-refractivity contribution < 1.29 is 14.3 Å². The molecule has 2 rings (SSSR count). The van der Waals surface area contributed by atoms with Crippen molar-refractivity contribution in [2.45, 2.75) is 27.2 Å². The molecule has 1 aromatic heterocycles. The quantitative estimate of drug-likeness (QED) is 0.788. The summed E-state index contributed by atoms with van der Waals surface area (Å²) in [5.41, 5.74) is 1.23. The van der Waals surface area contributed by atoms with Crippen molar-refractivity contribution in [1.29, 1.82) is 0 Å². The Kier molecular flexibility index (Phi) is 6.09. The van der Waals surface area contributed by atoms with Crippen molar-refractivity contribution in [3.8, 4) is 11.5 Å². The van der Waals surface area contributed by atoms with E-state index < -0.39 is 0 Å². The number of hydrogen-bond donors (Lipinski definition) is 2. The highest BCUT2D eigenvalue weighted by atomic mass is 35.5. The van der Waals surface area contributed by atoms with Gasteiger partial charge in [-0.1, -0.05) is 25.4 Å². The second kappa shape index (κ2) is 8.06. The van der Waals surface area contributed by atoms with Crippen molar-refractivity contribution in [3.05, 3.63) is 34.5 Å². The fourth-order valence-corrected chi connectivity index (χ4v) is 2.32. The van der Waals surface area contributed by atoms with Gasteiger partial charge in [0, 0.05) is 17.3 Å². The second-order valence-corrected chi connectivity index (χ2v) is 6.32. The fourth-order valence-electron chi connectivity index (χ4n) is 2.06. The summed E-state index contributed by atoms with van der Waals surface area (Å²) in [7, 11) is 1.51. The van der Waals surface area contributed by atoms with Crippen LogP contribution >= 0.6 is 11.6 Å². The minimum atomic E-state index is -0.324. The molecule has 0 unspecified atom stereocenters. The van der Waals surface area contributed by atoms with E-state index in [9.17, 15) is 4.79 Å². The third-order valence-electron chi connectivity index (χ3n) is 3.38. The van der Waals surface area contributed by atoms with Crippen LogP contribution in [0, 0.1) is 12.8 Å². The van der Waals surface area contributed by atoms with E-state index in [4.69, 9.17) is 21.1 Å². The summed E-state index contributed by atoms with van der Waals surface area (Å²) in [6.45, 7) is 6.62. The van der Waals surface area contributed by atoms with Crippen LogP contribution in [-0.2, 0) is 0 Å². The normalized spacial score (nSPS) is 10.8. The van der Waals surface area contributed by atoms with Gasteiger partial charge in [-0.3, -0.25) is 9.89 Å². The summed E-state index contributed by atoms with van der Waals surface area (Å²) in [5.74, 6) is 1.53. The number of benzene rings is 1. The van der Waals surface area contributed by atoms with Crippen molar-refractivity contribution in [3.63, 3.8) is 0 Å². The number of amides is 1. The highest BCUT2D eigenvalue weighted by molar-refractivity contribution is 6.32. The number of rotatable bonds is 7. The SMILES string of the molecule is COc1cc(C(=O)Nc2cc(C)[nH]n2)cc(Cl)c1OCCC(C)C. The molecule has 0 aliphatic rings. The van der Waals surface area contributed by atoms with Gasteiger partial charge in [-0.2, -0.15) is 5.10 Å². The number of methoxy groups -OCH3 is 1. The number of H-pyrrole nitrogens is 1. The molecule has 0 radical (unpaired) electrons. The lowest BCUT2D eigenvalue weighted by Gasteiger charge is -2.14. The molecule has 1 heterocycles. The average molecular weight is 352 g/mol. The van der Waals surface area contributed by atoms with Crippen molar-refractivity contribution >= 4 is 23.3 Å². The van der Waals surface area contributed by atoms with Crippen LogP contribution in [0.3, 0.4) is 0 Å². The van der Waals surface area contributed by atoms with Gasteiger partial charge in [-0.25, -0.2) is 0 Å². The third-order valence-corrected chi connectivity index (χ3v) is 3.66. The summed E-state index contributed by atoms with van der Waals surface area (Å²) in [5, 5.41) is 9.77. The van der Waals surface area contributed by atoms with Crippen LogP contribution in [0.2, 0.25) is 5.02 Å². The zero-order valence-corrected chi connectivity index (χ0v) is 15.0. The van der Waals surface area contributed by atoms with E-state index in [1.807, 2.05) is 6.92 Å². The van der Waals surface area contributed by atoms with Gasteiger partial charge in [-0.05, 0) is 31.4 Å². The topological polar surface area (TPSA) is 76.2 Å². The largest absolute Gasteiger partial charge is 0.493 e. The standard InChI is InChI=1S/C17H22ClN3O3/c1-10(2)5-6-24-16-13(18)8-12(9-14(16)23-4)17(22)19-15-7-11(3)20-21-15/h7-10H,5-6H2,1-4H3,(H2,19,20,21,22). The molecule has 0 saturated carbocycles. The number of aromatic amines is 1. The first kappa shape index (κ1) is 18.1. The number of hydrogen-bond acceptors (Lipinski definition) is 4. The van der Waals surface area contributed by atoms with Gasteiger partial charge in [0.05, 0.1) is 18.7 Å². The molecule has 0 aliphatic heterocycles. The molecule has 0 bridgehead atoms. The maximum Gasteiger partial charge on any atom is 0.257 e. The van der Waals surface area contributed by atoms with E-state index in [1.54, 1.807) is 18.2 Å². The van der Waals surface area contributed by atoms with Gasteiger partial charge in [0.1, 0.15) is 0 Å². The van der Waals surface area contributed by atoms with E-state index in [1.165, 1.54) is 7.11 Å². The number of ether oxygens (including phenoxy) is 2. The molecule has 1 amide bonds. The first-order chi connectivity index (χ1) is 11.4. The van der Waals surface area contributed by atoms with Crippen LogP contribution in [-0.4, -0.2) is 29.8 Å². The van der Waals surface area contributed by atoms with Gasteiger partial charge in [0.15, 0.2) is 17.3 Å². The van der Waals surface area contributed by atoms with Crippen LogP contribution < -0.4 is 14.8 Å². The van der Waals surface area contributed by atoms with E-state index in [0.717, 1.165) is 12.1 Å². The Balaban J connectivity index is 2.16. The monoisotopic (exact) mass is 351 g/mol. The molecule has 0 aliphatic carbocycles. The van der Waals surface area contributed by atoms with Gasteiger partial charge in [0.25, 0.3) is 5.91 Å². The van der Waals surface area contributed by atoms with Crippen LogP contribution in [0.4, 0.5) is 5.82 Å². The predicted octanol–water partition coefficient (Wildman–Crippen LogP) is 4.06. The molecule has 0 fully saturated rings. The number of carbonyl (C=O) groups is 1. The number of aryl methyl sites for hydroxylation is 1. The van der Waals surface area contributed by atoms with E-state index in [2.05, 4.69) is 29.4 Å². The molecule has 130 valence electrons. The molecule has 1 aromatic carbocycles. The van der Waals surface area contributed by atoms with Crippen LogP contribution in [0.15, 0.2) is 18.2 Å². The van der Waals surface area contributed by atoms with Gasteiger partial charge >= 0.3 is 0 Å². The van der Waals surface area contributed by atoms with Gasteiger partial charge in [0.2, 0.25) is 0 Å². The lowest BCUT2D eigenvalue weighted by Crippen LogP contribution is -2.13. The fraction of sp³-hybridized carbons (Fsp3) is 0.412. The molecule has 24 heavy (non-hydrogen) atoms. The van der Waals surface area contributed by atoms with Crippen LogP contribution in [0.25, 0.3) is 0 Å². The zero-order valence-electron chi connectivity index (χ0n) is 14.3. The summed E-state index contributed by atoms with van der Waals surface area (Å²) >= 11 is 6.27. The number of anilines is 1. The van der Waals surface area contributed by atoms with E-state index in [0.29, 0.717) is 40.4 Å². The molecule has 2 aromatic rings. The zero-order chi connectivity index (χ0) is 17.7. The molecule has 6 nitrogen and oxygen atoms in total. The third kappa shape index (κ3) is 4.64. The average Bonchev–Trinajstić information content (AvgIpc) is 2.93. The van der Waals surface area contributed by atoms with Crippen molar-refractivity contribution in [2.75, 3.05) is 19.0 Å². The highest BCUT2D eigenvalue weighted by Gasteiger charge is 2.17. The van der Waals surface area contributed by atoms with E-state index in [-0.39, 0.29) is 5.91 Å². The van der Waals surface area contributed by atoms with E-state index >= 15 is 0 Å². The molecule has 0 spiro atoms. The molecule has 2 N–H and O–H groups in total. The molecule has 0 atom stereocenters. The second-order valence-electron chi connectivity index (χ2n) is 5.91. The van der Waals surface area contributed by atoms with Crippen LogP contribution in [0.1, 0.15) is 36.3 Å². The number of carbonyl (C=O) groups excluding carboxylic acids is 1.